The third kappa shape index (κ3) is 5.68. The van der Waals surface area contributed by atoms with E-state index < -0.39 is 5.97 Å². The van der Waals surface area contributed by atoms with Crippen molar-refractivity contribution in [1.29, 1.82) is 0 Å². The number of nitrogens with zero attached hydrogens (tertiary/aromatic N) is 3. The minimum absolute atomic E-state index is 0.186. The van der Waals surface area contributed by atoms with Crippen LogP contribution in [-0.4, -0.2) is 42.9 Å². The molecule has 7 heteroatoms. The first-order valence-electron chi connectivity index (χ1n) is 13.0. The van der Waals surface area contributed by atoms with Crippen molar-refractivity contribution in [3.63, 3.8) is 0 Å². The number of carboxylic acids is 1. The molecule has 2 aromatic heterocycles. The van der Waals surface area contributed by atoms with Crippen LogP contribution in [0.15, 0.2) is 12.3 Å². The number of aliphatic carboxylic acids is 1. The van der Waals surface area contributed by atoms with Gasteiger partial charge in [-0.25, -0.2) is 9.50 Å². The average Bonchev–Trinajstić information content (AvgIpc) is 3.18. The van der Waals surface area contributed by atoms with Crippen LogP contribution in [0.2, 0.25) is 0 Å². The first-order chi connectivity index (χ1) is 16.0. The van der Waals surface area contributed by atoms with Crippen molar-refractivity contribution < 1.29 is 15.0 Å². The van der Waals surface area contributed by atoms with Gasteiger partial charge in [0.1, 0.15) is 0 Å². The van der Waals surface area contributed by atoms with Crippen LogP contribution in [-0.2, 0) is 4.79 Å². The molecule has 0 aliphatic heterocycles. The second-order valence-corrected chi connectivity index (χ2v) is 10.3. The number of aliphatic hydroxyl groups is 1. The molecule has 0 unspecified atom stereocenters. The summed E-state index contributed by atoms with van der Waals surface area (Å²) in [5, 5.41) is 27.8. The lowest BCUT2D eigenvalue weighted by Gasteiger charge is -2.26. The summed E-state index contributed by atoms with van der Waals surface area (Å²) in [5.41, 5.74) is 3.54. The molecule has 0 bridgehead atoms. The Morgan fingerprint density at radius 2 is 1.82 bits per heavy atom. The third-order valence-electron chi connectivity index (χ3n) is 7.82. The van der Waals surface area contributed by atoms with Gasteiger partial charge in [0, 0.05) is 17.7 Å². The highest BCUT2D eigenvalue weighted by atomic mass is 16.4. The fourth-order valence-corrected chi connectivity index (χ4v) is 5.74. The van der Waals surface area contributed by atoms with Crippen LogP contribution < -0.4 is 5.32 Å². The van der Waals surface area contributed by atoms with E-state index in [4.69, 9.17) is 5.10 Å². The van der Waals surface area contributed by atoms with E-state index in [1.807, 2.05) is 6.20 Å². The van der Waals surface area contributed by atoms with E-state index in [0.29, 0.717) is 23.8 Å². The molecule has 0 spiro atoms. The maximum absolute atomic E-state index is 11.4. The van der Waals surface area contributed by atoms with Crippen LogP contribution in [0.25, 0.3) is 5.52 Å². The van der Waals surface area contributed by atoms with Gasteiger partial charge in [0.15, 0.2) is 0 Å². The highest BCUT2D eigenvalue weighted by Crippen LogP contribution is 2.41. The number of hydrogen-bond acceptors (Lipinski definition) is 5. The summed E-state index contributed by atoms with van der Waals surface area (Å²) in [4.78, 5) is 16.1. The van der Waals surface area contributed by atoms with Crippen molar-refractivity contribution >= 4 is 17.4 Å². The minimum Gasteiger partial charge on any atom is -0.481 e. The minimum atomic E-state index is -0.663. The number of rotatable bonds is 9. The van der Waals surface area contributed by atoms with Crippen molar-refractivity contribution in [2.75, 3.05) is 5.32 Å². The zero-order chi connectivity index (χ0) is 23.4. The monoisotopic (exact) mass is 456 g/mol. The van der Waals surface area contributed by atoms with Gasteiger partial charge >= 0.3 is 5.97 Å². The van der Waals surface area contributed by atoms with E-state index in [1.54, 1.807) is 0 Å². The third-order valence-corrected chi connectivity index (χ3v) is 7.82. The van der Waals surface area contributed by atoms with Gasteiger partial charge in [-0.15, -0.1) is 5.10 Å². The molecule has 2 saturated carbocycles. The number of carboxylic acid groups (broad SMARTS) is 1. The van der Waals surface area contributed by atoms with E-state index in [1.165, 1.54) is 30.5 Å². The predicted octanol–water partition coefficient (Wildman–Crippen LogP) is 5.49. The largest absolute Gasteiger partial charge is 0.481 e. The molecule has 2 fully saturated rings. The summed E-state index contributed by atoms with van der Waals surface area (Å²) in [6.45, 7) is 4.41. The van der Waals surface area contributed by atoms with E-state index in [9.17, 15) is 15.0 Å². The summed E-state index contributed by atoms with van der Waals surface area (Å²) in [6, 6.07) is 2.63. The smallest absolute Gasteiger partial charge is 0.306 e. The van der Waals surface area contributed by atoms with Crippen LogP contribution >= 0.6 is 0 Å². The molecule has 0 aromatic carbocycles. The highest BCUT2D eigenvalue weighted by Gasteiger charge is 2.31. The van der Waals surface area contributed by atoms with Gasteiger partial charge in [-0.05, 0) is 82.3 Å². The summed E-state index contributed by atoms with van der Waals surface area (Å²) < 4.78 is 2.09. The Hall–Kier alpha value is -2.15. The number of nitrogens with one attached hydrogen (secondary N) is 1. The Balaban J connectivity index is 1.60. The van der Waals surface area contributed by atoms with Crippen LogP contribution in [0.4, 0.5) is 5.95 Å². The number of aliphatic hydroxyl groups excluding tert-OH is 1. The molecular formula is C26H40N4O3. The van der Waals surface area contributed by atoms with Gasteiger partial charge in [0.25, 0.3) is 0 Å². The summed E-state index contributed by atoms with van der Waals surface area (Å²) >= 11 is 0. The number of carbonyl (C=O) groups is 1. The molecule has 4 rings (SSSR count). The molecular weight excluding hydrogens is 416 g/mol. The maximum Gasteiger partial charge on any atom is 0.306 e. The van der Waals surface area contributed by atoms with Crippen molar-refractivity contribution in [1.82, 2.24) is 14.6 Å². The lowest BCUT2D eigenvalue weighted by Crippen LogP contribution is -2.20. The van der Waals surface area contributed by atoms with Crippen LogP contribution in [0, 0.1) is 5.92 Å². The second-order valence-electron chi connectivity index (χ2n) is 10.3. The Kier molecular flexibility index (Phi) is 7.89. The van der Waals surface area contributed by atoms with Crippen molar-refractivity contribution in [2.45, 2.75) is 115 Å². The molecule has 7 nitrogen and oxygen atoms in total. The number of anilines is 1. The van der Waals surface area contributed by atoms with Crippen LogP contribution in [0.5, 0.6) is 0 Å². The van der Waals surface area contributed by atoms with Gasteiger partial charge in [-0.3, -0.25) is 4.79 Å². The van der Waals surface area contributed by atoms with E-state index in [-0.39, 0.29) is 12.0 Å². The zero-order valence-electron chi connectivity index (χ0n) is 20.2. The molecule has 0 saturated heterocycles. The quantitative estimate of drug-likeness (QED) is 0.432. The molecule has 2 aromatic rings. The number of hydrogen-bond donors (Lipinski definition) is 3. The fourth-order valence-electron chi connectivity index (χ4n) is 5.74. The summed E-state index contributed by atoms with van der Waals surface area (Å²) in [7, 11) is 0. The molecule has 2 aliphatic rings. The first-order valence-corrected chi connectivity index (χ1v) is 13.0. The Morgan fingerprint density at radius 1 is 1.12 bits per heavy atom. The first kappa shape index (κ1) is 24.0. The average molecular weight is 457 g/mol. The van der Waals surface area contributed by atoms with E-state index in [0.717, 1.165) is 63.3 Å². The molecule has 182 valence electrons. The molecule has 2 aliphatic carbocycles. The zero-order valence-corrected chi connectivity index (χ0v) is 20.2. The van der Waals surface area contributed by atoms with Gasteiger partial charge in [0.2, 0.25) is 5.95 Å². The molecule has 0 radical (unpaired) electrons. The normalized spacial score (nSPS) is 26.9. The number of unbranched alkanes of at least 4 members (excludes halogenated alkanes) is 2. The topological polar surface area (TPSA) is 99.8 Å². The number of aromatic nitrogens is 3. The molecule has 33 heavy (non-hydrogen) atoms. The molecule has 2 heterocycles. The summed E-state index contributed by atoms with van der Waals surface area (Å²) in [6.07, 6.45) is 13.4. The second kappa shape index (κ2) is 10.9. The van der Waals surface area contributed by atoms with Gasteiger partial charge in [-0.2, -0.15) is 0 Å². The SMILES string of the molecule is CCCCC[C@H](C)Nc1ncc2c([C@H]3CC[C@@H](C(=O)O)CC3)cc([C@H]3CC[C@H](O)CC3)n2n1. The van der Waals surface area contributed by atoms with Crippen molar-refractivity contribution in [3.05, 3.63) is 23.5 Å². The highest BCUT2D eigenvalue weighted by molar-refractivity contribution is 5.70. The Morgan fingerprint density at radius 3 is 2.48 bits per heavy atom. The maximum atomic E-state index is 11.4. The summed E-state index contributed by atoms with van der Waals surface area (Å²) in [5.74, 6) is 0.531. The molecule has 1 atom stereocenters. The molecule has 0 amide bonds. The van der Waals surface area contributed by atoms with Gasteiger partial charge < -0.3 is 15.5 Å². The van der Waals surface area contributed by atoms with Crippen LogP contribution in [0.1, 0.15) is 114 Å². The van der Waals surface area contributed by atoms with Crippen molar-refractivity contribution in [2.24, 2.45) is 5.92 Å². The standard InChI is InChI=1S/C26H40N4O3/c1-3-4-5-6-17(2)28-26-27-16-24-22(18-7-9-20(10-8-18)25(32)33)15-23(30(24)29-26)19-11-13-21(31)14-12-19/h15-21,31H,3-14H2,1-2H3,(H,28,29)(H,32,33)/t17-,18-,19-,20+,21-/m0/s1. The van der Waals surface area contributed by atoms with Crippen LogP contribution in [0.3, 0.4) is 0 Å². The van der Waals surface area contributed by atoms with E-state index >= 15 is 0 Å². The van der Waals surface area contributed by atoms with E-state index in [2.05, 4.69) is 34.7 Å². The lowest BCUT2D eigenvalue weighted by molar-refractivity contribution is -0.142. The lowest BCUT2D eigenvalue weighted by atomic mass is 9.78. The Bertz CT molecular complexity index is 927. The van der Waals surface area contributed by atoms with Gasteiger partial charge in [0.05, 0.1) is 23.7 Å². The van der Waals surface area contributed by atoms with Crippen molar-refractivity contribution in [3.8, 4) is 0 Å². The van der Waals surface area contributed by atoms with Gasteiger partial charge in [-0.1, -0.05) is 26.2 Å². The fraction of sp³-hybridized carbons (Fsp3) is 0.731. The number of fused-ring (bicyclic) bond motifs is 1. The molecule has 3 N–H and O–H groups in total. The Labute approximate surface area is 197 Å². The predicted molar refractivity (Wildman–Crippen MR) is 130 cm³/mol.